The zero-order valence-electron chi connectivity index (χ0n) is 19.7. The Morgan fingerprint density at radius 3 is 2.45 bits per heavy atom. The summed E-state index contributed by atoms with van der Waals surface area (Å²) in [6.45, 7) is -1.43. The summed E-state index contributed by atoms with van der Waals surface area (Å²) in [5.74, 6) is -3.80. The summed E-state index contributed by atoms with van der Waals surface area (Å²) in [4.78, 5) is 65.0. The molecule has 11 nitrogen and oxygen atoms in total. The predicted molar refractivity (Wildman–Crippen MR) is 123 cm³/mol. The number of carboxylic acid groups (broad SMARTS) is 1. The molecular formula is C24H22F3N5O6. The number of benzene rings is 1. The molecule has 4 aliphatic heterocycles. The van der Waals surface area contributed by atoms with Crippen molar-refractivity contribution >= 4 is 35.4 Å². The first-order valence-electron chi connectivity index (χ1n) is 11.7. The second-order valence-corrected chi connectivity index (χ2v) is 9.57. The lowest BCUT2D eigenvalue weighted by Crippen LogP contribution is -2.69. The molecule has 3 fully saturated rings. The number of hydrogen-bond acceptors (Lipinski definition) is 5. The fourth-order valence-corrected chi connectivity index (χ4v) is 5.60. The Bertz CT molecular complexity index is 1320. The van der Waals surface area contributed by atoms with Gasteiger partial charge in [-0.05, 0) is 48.8 Å². The minimum absolute atomic E-state index is 0.0129. The third kappa shape index (κ3) is 4.25. The fraction of sp³-hybridized carbons (Fsp3) is 0.375. The highest BCUT2D eigenvalue weighted by atomic mass is 19.4. The van der Waals surface area contributed by atoms with Crippen molar-refractivity contribution in [1.82, 2.24) is 14.7 Å². The zero-order valence-corrected chi connectivity index (χ0v) is 19.7. The molecule has 200 valence electrons. The van der Waals surface area contributed by atoms with Crippen LogP contribution in [0, 0.1) is 5.92 Å². The van der Waals surface area contributed by atoms with Gasteiger partial charge in [-0.2, -0.15) is 13.2 Å². The monoisotopic (exact) mass is 533 g/mol. The highest BCUT2D eigenvalue weighted by Gasteiger charge is 2.64. The lowest BCUT2D eigenvalue weighted by molar-refractivity contribution is -0.156. The van der Waals surface area contributed by atoms with Crippen molar-refractivity contribution in [2.45, 2.75) is 31.1 Å². The number of nitrogens with two attached hydrogens (primary N) is 1. The molecule has 0 aliphatic carbocycles. The minimum atomic E-state index is -4.56. The van der Waals surface area contributed by atoms with E-state index in [1.165, 1.54) is 35.2 Å². The van der Waals surface area contributed by atoms with Crippen LogP contribution in [0.2, 0.25) is 0 Å². The van der Waals surface area contributed by atoms with Gasteiger partial charge in [0.1, 0.15) is 18.3 Å². The molecule has 0 aromatic heterocycles. The number of primary amides is 1. The summed E-state index contributed by atoms with van der Waals surface area (Å²) in [6.07, 6.45) is -3.15. The molecule has 5 rings (SSSR count). The quantitative estimate of drug-likeness (QED) is 0.383. The highest BCUT2D eigenvalue weighted by Crippen LogP contribution is 2.47. The molecule has 0 spiro atoms. The van der Waals surface area contributed by atoms with Crippen LogP contribution in [-0.2, 0) is 14.4 Å². The standard InChI is InChI=1S/C24H22F3N5O6/c25-24(26,27)10-30-6-5-12(20(30)34)7-13-8-14-9-31(18-16(14)32(21(18)35)17(13)22(36)37)23(38)29-15-3-1-11(2-4-15)19(28)33/h1-4,7,14,16,18H,5-6,8-10H2,(H2,28,33)(H,29,38)(H,36,37)/b12-7+/t14-,16-,18+/m1/s1. The lowest BCUT2D eigenvalue weighted by Gasteiger charge is -2.49. The zero-order chi connectivity index (χ0) is 27.5. The molecule has 4 heterocycles. The van der Waals surface area contributed by atoms with Crippen LogP contribution in [-0.4, -0.2) is 87.4 Å². The Kier molecular flexibility index (Phi) is 5.92. The van der Waals surface area contributed by atoms with Gasteiger partial charge in [0.05, 0.1) is 6.04 Å². The maximum absolute atomic E-state index is 13.0. The van der Waals surface area contributed by atoms with Gasteiger partial charge < -0.3 is 26.0 Å². The van der Waals surface area contributed by atoms with Gasteiger partial charge in [-0.1, -0.05) is 0 Å². The van der Waals surface area contributed by atoms with E-state index < -0.39 is 54.5 Å². The number of carbonyl (C=O) groups excluding carboxylic acids is 4. The van der Waals surface area contributed by atoms with Gasteiger partial charge >= 0.3 is 18.2 Å². The SMILES string of the molecule is NC(=O)c1ccc(NC(=O)N2C[C@H]3CC(/C=C4\CCN(CC(F)(F)F)C4=O)=C(C(=O)O)N4C(=O)[C@@H]2[C@@H]34)cc1. The Balaban J connectivity index is 1.35. The molecule has 3 saturated heterocycles. The van der Waals surface area contributed by atoms with E-state index in [0.717, 1.165) is 4.90 Å². The maximum atomic E-state index is 13.0. The molecule has 0 bridgehead atoms. The number of hydrogen-bond donors (Lipinski definition) is 3. The first kappa shape index (κ1) is 25.3. The predicted octanol–water partition coefficient (Wildman–Crippen LogP) is 1.29. The summed E-state index contributed by atoms with van der Waals surface area (Å²) in [5.41, 5.74) is 5.69. The van der Waals surface area contributed by atoms with Gasteiger partial charge in [-0.25, -0.2) is 9.59 Å². The van der Waals surface area contributed by atoms with E-state index in [1.54, 1.807) is 0 Å². The van der Waals surface area contributed by atoms with Gasteiger partial charge in [0, 0.05) is 35.8 Å². The molecule has 1 aromatic carbocycles. The number of carboxylic acids is 1. The smallest absolute Gasteiger partial charge is 0.406 e. The van der Waals surface area contributed by atoms with Gasteiger partial charge in [-0.15, -0.1) is 0 Å². The van der Waals surface area contributed by atoms with Crippen LogP contribution in [0.4, 0.5) is 23.7 Å². The third-order valence-electron chi connectivity index (χ3n) is 7.20. The number of nitrogens with zero attached hydrogens (tertiary/aromatic N) is 3. The van der Waals surface area contributed by atoms with Crippen molar-refractivity contribution in [3.05, 3.63) is 52.7 Å². The Labute approximate surface area is 213 Å². The van der Waals surface area contributed by atoms with Crippen LogP contribution in [0.15, 0.2) is 47.2 Å². The van der Waals surface area contributed by atoms with E-state index in [-0.39, 0.29) is 54.3 Å². The number of aliphatic carboxylic acids is 1. The Morgan fingerprint density at radius 2 is 1.84 bits per heavy atom. The Morgan fingerprint density at radius 1 is 1.16 bits per heavy atom. The van der Waals surface area contributed by atoms with Crippen LogP contribution < -0.4 is 11.1 Å². The molecule has 38 heavy (non-hydrogen) atoms. The molecule has 14 heteroatoms. The molecule has 5 amide bonds. The summed E-state index contributed by atoms with van der Waals surface area (Å²) in [7, 11) is 0. The van der Waals surface area contributed by atoms with E-state index in [9.17, 15) is 42.3 Å². The van der Waals surface area contributed by atoms with Crippen molar-refractivity contribution in [2.24, 2.45) is 11.7 Å². The normalized spacial score (nSPS) is 25.6. The van der Waals surface area contributed by atoms with Crippen molar-refractivity contribution < 1.29 is 42.3 Å². The van der Waals surface area contributed by atoms with Crippen LogP contribution in [0.1, 0.15) is 23.2 Å². The maximum Gasteiger partial charge on any atom is 0.406 e. The van der Waals surface area contributed by atoms with E-state index >= 15 is 0 Å². The fourth-order valence-electron chi connectivity index (χ4n) is 5.60. The Hall–Kier alpha value is -4.36. The van der Waals surface area contributed by atoms with E-state index in [1.807, 2.05) is 0 Å². The number of amides is 5. The summed E-state index contributed by atoms with van der Waals surface area (Å²) < 4.78 is 38.3. The van der Waals surface area contributed by atoms with Crippen molar-refractivity contribution in [1.29, 1.82) is 0 Å². The molecule has 1 aromatic rings. The number of rotatable bonds is 5. The van der Waals surface area contributed by atoms with Gasteiger partial charge in [0.2, 0.25) is 11.8 Å². The van der Waals surface area contributed by atoms with Crippen LogP contribution in [0.5, 0.6) is 0 Å². The number of anilines is 1. The minimum Gasteiger partial charge on any atom is -0.477 e. The van der Waals surface area contributed by atoms with Gasteiger partial charge in [0.15, 0.2) is 0 Å². The molecule has 0 saturated carbocycles. The van der Waals surface area contributed by atoms with E-state index in [4.69, 9.17) is 5.73 Å². The number of urea groups is 1. The number of alkyl halides is 3. The third-order valence-corrected chi connectivity index (χ3v) is 7.20. The highest BCUT2D eigenvalue weighted by molar-refractivity contribution is 6.04. The van der Waals surface area contributed by atoms with Gasteiger partial charge in [0.25, 0.3) is 5.91 Å². The van der Waals surface area contributed by atoms with Crippen molar-refractivity contribution in [3.8, 4) is 0 Å². The average Bonchev–Trinajstić information content (AvgIpc) is 3.36. The molecule has 0 unspecified atom stereocenters. The number of likely N-dealkylation sites (tertiary alicyclic amines) is 2. The molecule has 4 N–H and O–H groups in total. The van der Waals surface area contributed by atoms with Crippen LogP contribution in [0.3, 0.4) is 0 Å². The summed E-state index contributed by atoms with van der Waals surface area (Å²) >= 11 is 0. The summed E-state index contributed by atoms with van der Waals surface area (Å²) in [5, 5.41) is 12.5. The largest absolute Gasteiger partial charge is 0.477 e. The van der Waals surface area contributed by atoms with Crippen LogP contribution in [0.25, 0.3) is 0 Å². The average molecular weight is 533 g/mol. The number of halogens is 3. The first-order valence-corrected chi connectivity index (χ1v) is 11.7. The number of β-lactam (4-membered cyclic amide) rings is 1. The number of allylic oxidation sites excluding steroid dienone is 2. The van der Waals surface area contributed by atoms with E-state index in [0.29, 0.717) is 10.6 Å². The van der Waals surface area contributed by atoms with Crippen molar-refractivity contribution in [2.75, 3.05) is 25.0 Å². The first-order chi connectivity index (χ1) is 17.9. The number of nitrogens with one attached hydrogen (secondary N) is 1. The second-order valence-electron chi connectivity index (χ2n) is 9.57. The number of carbonyl (C=O) groups is 5. The topological polar surface area (TPSA) is 153 Å². The molecule has 3 atom stereocenters. The lowest BCUT2D eigenvalue weighted by atomic mass is 9.79. The summed E-state index contributed by atoms with van der Waals surface area (Å²) in [6, 6.07) is 3.79. The second kappa shape index (κ2) is 8.89. The molecule has 0 radical (unpaired) electrons. The molecular weight excluding hydrogens is 511 g/mol. The van der Waals surface area contributed by atoms with Gasteiger partial charge in [-0.3, -0.25) is 19.3 Å². The van der Waals surface area contributed by atoms with Crippen molar-refractivity contribution in [3.63, 3.8) is 0 Å². The van der Waals surface area contributed by atoms with Crippen LogP contribution >= 0.6 is 0 Å². The molecule has 4 aliphatic rings. The van der Waals surface area contributed by atoms with E-state index in [2.05, 4.69) is 5.32 Å².